The molecule has 1 atom stereocenters. The van der Waals surface area contributed by atoms with Gasteiger partial charge in [0.1, 0.15) is 0 Å². The number of aromatic nitrogens is 2. The fourth-order valence-electron chi connectivity index (χ4n) is 1.28. The van der Waals surface area contributed by atoms with E-state index in [0.29, 0.717) is 0 Å². The molecule has 2 rings (SSSR count). The summed E-state index contributed by atoms with van der Waals surface area (Å²) in [6.07, 6.45) is 3.42. The summed E-state index contributed by atoms with van der Waals surface area (Å²) in [6, 6.07) is -0.0693. The van der Waals surface area contributed by atoms with Gasteiger partial charge in [0, 0.05) is 24.9 Å². The molecule has 1 aromatic heterocycles. The summed E-state index contributed by atoms with van der Waals surface area (Å²) >= 11 is 1.73. The van der Waals surface area contributed by atoms with Crippen LogP contribution in [-0.4, -0.2) is 33.4 Å². The highest BCUT2D eigenvalue weighted by Gasteiger charge is 2.22. The lowest BCUT2D eigenvalue weighted by molar-refractivity contribution is -0.117. The molecule has 14 heavy (non-hydrogen) atoms. The van der Waals surface area contributed by atoms with E-state index < -0.39 is 0 Å². The Bertz CT molecular complexity index is 332. The van der Waals surface area contributed by atoms with Crippen LogP contribution in [0.1, 0.15) is 0 Å². The van der Waals surface area contributed by atoms with E-state index in [0.717, 1.165) is 17.3 Å². The molecular formula is C8H12N4OS. The van der Waals surface area contributed by atoms with Gasteiger partial charge in [0.25, 0.3) is 0 Å². The van der Waals surface area contributed by atoms with E-state index in [1.165, 1.54) is 0 Å². The van der Waals surface area contributed by atoms with Crippen molar-refractivity contribution in [3.63, 3.8) is 0 Å². The molecule has 0 spiro atoms. The Labute approximate surface area is 86.2 Å². The summed E-state index contributed by atoms with van der Waals surface area (Å²) < 4.78 is 1.66. The summed E-state index contributed by atoms with van der Waals surface area (Å²) in [5.41, 5.74) is 0.746. The van der Waals surface area contributed by atoms with E-state index in [2.05, 4.69) is 15.7 Å². The lowest BCUT2D eigenvalue weighted by Gasteiger charge is -2.08. The molecule has 5 nitrogen and oxygen atoms in total. The van der Waals surface area contributed by atoms with E-state index in [4.69, 9.17) is 0 Å². The van der Waals surface area contributed by atoms with Gasteiger partial charge in [0.15, 0.2) is 0 Å². The third kappa shape index (κ3) is 2.08. The lowest BCUT2D eigenvalue weighted by Crippen LogP contribution is -2.37. The van der Waals surface area contributed by atoms with Gasteiger partial charge in [-0.05, 0) is 0 Å². The maximum absolute atomic E-state index is 11.6. The van der Waals surface area contributed by atoms with Crippen LogP contribution >= 0.6 is 11.8 Å². The number of carbonyl (C=O) groups is 1. The van der Waals surface area contributed by atoms with Crippen molar-refractivity contribution >= 4 is 23.4 Å². The van der Waals surface area contributed by atoms with Crippen molar-refractivity contribution in [2.24, 2.45) is 7.05 Å². The number of nitrogens with one attached hydrogen (secondary N) is 2. The number of amides is 1. The van der Waals surface area contributed by atoms with E-state index in [9.17, 15) is 4.79 Å². The van der Waals surface area contributed by atoms with Crippen LogP contribution in [0.15, 0.2) is 12.4 Å². The van der Waals surface area contributed by atoms with Crippen molar-refractivity contribution in [2.45, 2.75) is 6.04 Å². The summed E-state index contributed by atoms with van der Waals surface area (Å²) in [7, 11) is 1.82. The van der Waals surface area contributed by atoms with Crippen molar-refractivity contribution < 1.29 is 4.79 Å². The molecule has 6 heteroatoms. The second-order valence-corrected chi connectivity index (χ2v) is 4.19. The van der Waals surface area contributed by atoms with Crippen LogP contribution in [0.2, 0.25) is 0 Å². The average Bonchev–Trinajstić information content (AvgIpc) is 2.75. The molecule has 76 valence electrons. The molecule has 1 aliphatic rings. The van der Waals surface area contributed by atoms with Gasteiger partial charge in [0.05, 0.1) is 17.9 Å². The van der Waals surface area contributed by atoms with Crippen molar-refractivity contribution in [3.05, 3.63) is 12.4 Å². The number of hydrogen-bond acceptors (Lipinski definition) is 4. The first-order valence-corrected chi connectivity index (χ1v) is 5.52. The Morgan fingerprint density at radius 1 is 1.86 bits per heavy atom. The normalized spacial score (nSPS) is 21.1. The zero-order valence-electron chi connectivity index (χ0n) is 7.86. The SMILES string of the molecule is Cn1cc(NC(=O)C2CSCN2)cn1. The van der Waals surface area contributed by atoms with Crippen LogP contribution in [-0.2, 0) is 11.8 Å². The lowest BCUT2D eigenvalue weighted by atomic mass is 10.3. The third-order valence-corrected chi connectivity index (χ3v) is 2.95. The van der Waals surface area contributed by atoms with Gasteiger partial charge < -0.3 is 5.32 Å². The molecule has 1 saturated heterocycles. The first-order chi connectivity index (χ1) is 6.75. The van der Waals surface area contributed by atoms with Gasteiger partial charge >= 0.3 is 0 Å². The molecule has 1 aliphatic heterocycles. The third-order valence-electron chi connectivity index (χ3n) is 2.01. The molecule has 1 fully saturated rings. The maximum atomic E-state index is 11.6. The van der Waals surface area contributed by atoms with Crippen LogP contribution < -0.4 is 10.6 Å². The van der Waals surface area contributed by atoms with Gasteiger partial charge in [-0.2, -0.15) is 5.10 Å². The molecule has 0 saturated carbocycles. The van der Waals surface area contributed by atoms with E-state index in [1.54, 1.807) is 28.8 Å². The zero-order valence-corrected chi connectivity index (χ0v) is 8.67. The quantitative estimate of drug-likeness (QED) is 0.725. The van der Waals surface area contributed by atoms with E-state index >= 15 is 0 Å². The largest absolute Gasteiger partial charge is 0.322 e. The van der Waals surface area contributed by atoms with E-state index in [-0.39, 0.29) is 11.9 Å². The zero-order chi connectivity index (χ0) is 9.97. The Morgan fingerprint density at radius 3 is 3.29 bits per heavy atom. The Hall–Kier alpha value is -1.01. The molecule has 1 unspecified atom stereocenters. The van der Waals surface area contributed by atoms with Gasteiger partial charge in [-0.1, -0.05) is 0 Å². The maximum Gasteiger partial charge on any atom is 0.242 e. The number of nitrogens with zero attached hydrogens (tertiary/aromatic N) is 2. The molecular weight excluding hydrogens is 200 g/mol. The van der Waals surface area contributed by atoms with Gasteiger partial charge in [-0.3, -0.25) is 14.8 Å². The fourth-order valence-corrected chi connectivity index (χ4v) is 2.22. The number of hydrogen-bond donors (Lipinski definition) is 2. The number of anilines is 1. The van der Waals surface area contributed by atoms with E-state index in [1.807, 2.05) is 7.05 Å². The van der Waals surface area contributed by atoms with Crippen LogP contribution in [0.4, 0.5) is 5.69 Å². The number of rotatable bonds is 2. The Kier molecular flexibility index (Phi) is 2.74. The predicted octanol–water partition coefficient (Wildman–Crippen LogP) is 0.0211. The average molecular weight is 212 g/mol. The minimum atomic E-state index is -0.0693. The summed E-state index contributed by atoms with van der Waals surface area (Å²) in [6.45, 7) is 0. The highest BCUT2D eigenvalue weighted by molar-refractivity contribution is 7.99. The predicted molar refractivity (Wildman–Crippen MR) is 56.1 cm³/mol. The van der Waals surface area contributed by atoms with Crippen LogP contribution in [0.3, 0.4) is 0 Å². The Morgan fingerprint density at radius 2 is 2.71 bits per heavy atom. The van der Waals surface area contributed by atoms with Crippen LogP contribution in [0, 0.1) is 0 Å². The van der Waals surface area contributed by atoms with Crippen molar-refractivity contribution in [3.8, 4) is 0 Å². The fraction of sp³-hybridized carbons (Fsp3) is 0.500. The number of carbonyl (C=O) groups excluding carboxylic acids is 1. The van der Waals surface area contributed by atoms with Crippen LogP contribution in [0.5, 0.6) is 0 Å². The number of aryl methyl sites for hydroxylation is 1. The Balaban J connectivity index is 1.93. The summed E-state index contributed by atoms with van der Waals surface area (Å²) in [5, 5.41) is 9.89. The smallest absolute Gasteiger partial charge is 0.242 e. The second kappa shape index (κ2) is 4.02. The molecule has 1 aromatic rings. The van der Waals surface area contributed by atoms with Gasteiger partial charge in [-0.15, -0.1) is 11.8 Å². The highest BCUT2D eigenvalue weighted by atomic mass is 32.2. The van der Waals surface area contributed by atoms with Crippen molar-refractivity contribution in [1.82, 2.24) is 15.1 Å². The van der Waals surface area contributed by atoms with Crippen molar-refractivity contribution in [1.29, 1.82) is 0 Å². The number of thioether (sulfide) groups is 1. The first-order valence-electron chi connectivity index (χ1n) is 4.36. The highest BCUT2D eigenvalue weighted by Crippen LogP contribution is 2.12. The molecule has 0 radical (unpaired) electrons. The topological polar surface area (TPSA) is 59.0 Å². The molecule has 0 bridgehead atoms. The van der Waals surface area contributed by atoms with Crippen LogP contribution in [0.25, 0.3) is 0 Å². The summed E-state index contributed by atoms with van der Waals surface area (Å²) in [4.78, 5) is 11.6. The van der Waals surface area contributed by atoms with Crippen molar-refractivity contribution in [2.75, 3.05) is 16.9 Å². The molecule has 1 amide bonds. The molecule has 0 aromatic carbocycles. The standard InChI is InChI=1S/C8H12N4OS/c1-12-3-6(2-10-12)11-8(13)7-4-14-5-9-7/h2-3,7,9H,4-5H2,1H3,(H,11,13). The molecule has 2 N–H and O–H groups in total. The van der Waals surface area contributed by atoms with Gasteiger partial charge in [0.2, 0.25) is 5.91 Å². The molecule has 0 aliphatic carbocycles. The minimum absolute atomic E-state index is 0.0167. The first kappa shape index (κ1) is 9.54. The second-order valence-electron chi connectivity index (χ2n) is 3.16. The monoisotopic (exact) mass is 212 g/mol. The minimum Gasteiger partial charge on any atom is -0.322 e. The van der Waals surface area contributed by atoms with Gasteiger partial charge in [-0.25, -0.2) is 0 Å². The molecule has 2 heterocycles. The summed E-state index contributed by atoms with van der Waals surface area (Å²) in [5.74, 6) is 1.71.